The number of rotatable bonds is 6. The molecule has 0 aliphatic carbocycles. The van der Waals surface area contributed by atoms with Crippen LogP contribution in [0, 0.1) is 5.82 Å². The molecule has 4 aromatic rings. The molecule has 0 saturated carbocycles. The first-order chi connectivity index (χ1) is 14.2. The van der Waals surface area contributed by atoms with Crippen molar-refractivity contribution in [2.45, 2.75) is 0 Å². The van der Waals surface area contributed by atoms with Crippen LogP contribution in [-0.4, -0.2) is 28.3 Å². The number of nitrogens with one attached hydrogen (secondary N) is 2. The van der Waals surface area contributed by atoms with E-state index in [0.29, 0.717) is 11.7 Å². The summed E-state index contributed by atoms with van der Waals surface area (Å²) in [5, 5.41) is 4.09. The van der Waals surface area contributed by atoms with Crippen LogP contribution in [0.5, 0.6) is 5.88 Å². The highest BCUT2D eigenvalue weighted by molar-refractivity contribution is 7.99. The third-order valence-corrected chi connectivity index (χ3v) is 4.76. The minimum Gasteiger partial charge on any atom is -0.480 e. The van der Waals surface area contributed by atoms with E-state index in [0.717, 1.165) is 33.4 Å². The van der Waals surface area contributed by atoms with E-state index >= 15 is 0 Å². The maximum atomic E-state index is 13.2. The second kappa shape index (κ2) is 8.32. The van der Waals surface area contributed by atoms with E-state index in [1.54, 1.807) is 25.4 Å². The van der Waals surface area contributed by atoms with Gasteiger partial charge in [0, 0.05) is 29.1 Å². The predicted molar refractivity (Wildman–Crippen MR) is 116 cm³/mol. The molecule has 6 nitrogen and oxygen atoms in total. The van der Waals surface area contributed by atoms with E-state index in [1.165, 1.54) is 30.4 Å². The molecule has 29 heavy (non-hydrogen) atoms. The highest BCUT2D eigenvalue weighted by atomic mass is 32.2. The van der Waals surface area contributed by atoms with Gasteiger partial charge in [0.15, 0.2) is 0 Å². The van der Waals surface area contributed by atoms with Crippen molar-refractivity contribution in [3.05, 3.63) is 66.9 Å². The minimum absolute atomic E-state index is 0.285. The van der Waals surface area contributed by atoms with Crippen molar-refractivity contribution < 1.29 is 9.13 Å². The van der Waals surface area contributed by atoms with Crippen LogP contribution < -0.4 is 14.8 Å². The topological polar surface area (TPSA) is 72.0 Å². The molecule has 2 aromatic carbocycles. The fourth-order valence-electron chi connectivity index (χ4n) is 2.96. The Balaban J connectivity index is 1.75. The van der Waals surface area contributed by atoms with E-state index in [4.69, 9.17) is 4.74 Å². The summed E-state index contributed by atoms with van der Waals surface area (Å²) in [6, 6.07) is 14.1. The summed E-state index contributed by atoms with van der Waals surface area (Å²) in [5.74, 6) is 0.894. The van der Waals surface area contributed by atoms with E-state index in [1.807, 2.05) is 30.5 Å². The van der Waals surface area contributed by atoms with Gasteiger partial charge in [-0.25, -0.2) is 19.3 Å². The van der Waals surface area contributed by atoms with Crippen LogP contribution in [-0.2, 0) is 0 Å². The molecule has 146 valence electrons. The lowest BCUT2D eigenvalue weighted by molar-refractivity contribution is 0.400. The average Bonchev–Trinajstić information content (AvgIpc) is 2.75. The molecule has 4 rings (SSSR count). The monoisotopic (exact) mass is 407 g/mol. The first kappa shape index (κ1) is 18.9. The molecule has 2 heterocycles. The highest BCUT2D eigenvalue weighted by Gasteiger charge is 2.10. The fraction of sp³-hybridized carbons (Fsp3) is 0.0952. The third kappa shape index (κ3) is 4.07. The number of nitrogens with zero attached hydrogens (tertiary/aromatic N) is 3. The third-order valence-electron chi connectivity index (χ3n) is 4.33. The number of aromatic nitrogens is 3. The molecule has 0 amide bonds. The first-order valence-corrected chi connectivity index (χ1v) is 10.0. The summed E-state index contributed by atoms with van der Waals surface area (Å²) < 4.78 is 21.7. The zero-order valence-electron chi connectivity index (χ0n) is 15.8. The maximum absolute atomic E-state index is 13.2. The Morgan fingerprint density at radius 1 is 0.966 bits per heavy atom. The van der Waals surface area contributed by atoms with Crippen LogP contribution in [0.4, 0.5) is 21.6 Å². The summed E-state index contributed by atoms with van der Waals surface area (Å²) in [4.78, 5) is 13.1. The first-order valence-electron chi connectivity index (χ1n) is 8.78. The molecular formula is C21H18FN5OS. The SMILES string of the molecule is COc1ncc(-c2ccc3ncnc(Nc4ccc(F)cc4)c3c2)cc1NSC. The molecule has 0 aliphatic rings. The van der Waals surface area contributed by atoms with Crippen molar-refractivity contribution in [1.82, 2.24) is 15.0 Å². The van der Waals surface area contributed by atoms with Crippen molar-refractivity contribution in [3.63, 3.8) is 0 Å². The van der Waals surface area contributed by atoms with E-state index < -0.39 is 0 Å². The van der Waals surface area contributed by atoms with E-state index in [2.05, 4.69) is 25.0 Å². The molecule has 0 bridgehead atoms. The standard InChI is InChI=1S/C21H18FN5OS/c1-28-21-19(27-29-2)10-14(11-23-21)13-3-8-18-17(9-13)20(25-12-24-18)26-16-6-4-15(22)5-7-16/h3-12,27H,1-2H3,(H,24,25,26). The Kier molecular flexibility index (Phi) is 5.44. The van der Waals surface area contributed by atoms with E-state index in [-0.39, 0.29) is 5.82 Å². The lowest BCUT2D eigenvalue weighted by Crippen LogP contribution is -1.97. The van der Waals surface area contributed by atoms with Crippen LogP contribution >= 0.6 is 11.9 Å². The number of fused-ring (bicyclic) bond motifs is 1. The number of hydrogen-bond donors (Lipinski definition) is 2. The minimum atomic E-state index is -0.285. The summed E-state index contributed by atoms with van der Waals surface area (Å²) >= 11 is 1.47. The Bertz CT molecular complexity index is 1150. The second-order valence-corrected chi connectivity index (χ2v) is 6.79. The van der Waals surface area contributed by atoms with Gasteiger partial charge in [-0.2, -0.15) is 0 Å². The number of halogens is 1. The Morgan fingerprint density at radius 3 is 2.55 bits per heavy atom. The van der Waals surface area contributed by atoms with Gasteiger partial charge >= 0.3 is 0 Å². The molecule has 0 atom stereocenters. The second-order valence-electron chi connectivity index (χ2n) is 6.17. The van der Waals surface area contributed by atoms with Crippen LogP contribution in [0.15, 0.2) is 61.1 Å². The van der Waals surface area contributed by atoms with Crippen LogP contribution in [0.3, 0.4) is 0 Å². The number of ether oxygens (including phenoxy) is 1. The number of hydrogen-bond acceptors (Lipinski definition) is 7. The molecule has 0 aliphatic heterocycles. The smallest absolute Gasteiger partial charge is 0.237 e. The fourth-order valence-corrected chi connectivity index (χ4v) is 3.33. The van der Waals surface area contributed by atoms with Crippen molar-refractivity contribution >= 4 is 40.0 Å². The van der Waals surface area contributed by atoms with Gasteiger partial charge in [-0.15, -0.1) is 0 Å². The van der Waals surface area contributed by atoms with Crippen LogP contribution in [0.1, 0.15) is 0 Å². The molecule has 8 heteroatoms. The molecule has 0 fully saturated rings. The zero-order valence-corrected chi connectivity index (χ0v) is 16.6. The molecule has 2 N–H and O–H groups in total. The van der Waals surface area contributed by atoms with Crippen molar-refractivity contribution in [2.24, 2.45) is 0 Å². The Morgan fingerprint density at radius 2 is 1.79 bits per heavy atom. The van der Waals surface area contributed by atoms with Gasteiger partial charge < -0.3 is 14.8 Å². The Labute approximate surface area is 171 Å². The van der Waals surface area contributed by atoms with Crippen LogP contribution in [0.2, 0.25) is 0 Å². The summed E-state index contributed by atoms with van der Waals surface area (Å²) in [7, 11) is 1.59. The van der Waals surface area contributed by atoms with Gasteiger partial charge in [-0.05, 0) is 48.0 Å². The van der Waals surface area contributed by atoms with Gasteiger partial charge in [0.1, 0.15) is 23.6 Å². The molecule has 2 aromatic heterocycles. The molecule has 0 unspecified atom stereocenters. The predicted octanol–water partition coefficient (Wildman–Crippen LogP) is 5.27. The van der Waals surface area contributed by atoms with Gasteiger partial charge in [-0.1, -0.05) is 18.0 Å². The number of anilines is 3. The normalized spacial score (nSPS) is 10.7. The molecule has 0 spiro atoms. The zero-order chi connectivity index (χ0) is 20.2. The van der Waals surface area contributed by atoms with Gasteiger partial charge in [-0.3, -0.25) is 0 Å². The van der Waals surface area contributed by atoms with Gasteiger partial charge in [0.05, 0.1) is 12.6 Å². The summed E-state index contributed by atoms with van der Waals surface area (Å²) in [6.07, 6.45) is 5.21. The average molecular weight is 407 g/mol. The summed E-state index contributed by atoms with van der Waals surface area (Å²) in [5.41, 5.74) is 4.24. The van der Waals surface area contributed by atoms with Crippen LogP contribution in [0.25, 0.3) is 22.0 Å². The lowest BCUT2D eigenvalue weighted by Gasteiger charge is -2.12. The molecular weight excluding hydrogens is 389 g/mol. The molecule has 0 saturated heterocycles. The van der Waals surface area contributed by atoms with Crippen molar-refractivity contribution in [2.75, 3.05) is 23.4 Å². The van der Waals surface area contributed by atoms with Crippen molar-refractivity contribution in [1.29, 1.82) is 0 Å². The number of pyridine rings is 1. The highest BCUT2D eigenvalue weighted by Crippen LogP contribution is 2.32. The summed E-state index contributed by atoms with van der Waals surface area (Å²) in [6.45, 7) is 0. The number of methoxy groups -OCH3 is 1. The number of benzene rings is 2. The van der Waals surface area contributed by atoms with Crippen molar-refractivity contribution in [3.8, 4) is 17.0 Å². The maximum Gasteiger partial charge on any atom is 0.237 e. The van der Waals surface area contributed by atoms with E-state index in [9.17, 15) is 4.39 Å². The quantitative estimate of drug-likeness (QED) is 0.422. The molecule has 0 radical (unpaired) electrons. The van der Waals surface area contributed by atoms with Gasteiger partial charge in [0.25, 0.3) is 0 Å². The Hall–Kier alpha value is -3.39. The van der Waals surface area contributed by atoms with Gasteiger partial charge in [0.2, 0.25) is 5.88 Å². The largest absolute Gasteiger partial charge is 0.480 e. The lowest BCUT2D eigenvalue weighted by atomic mass is 10.0.